The highest BCUT2D eigenvalue weighted by Gasteiger charge is 2.46. The molecule has 1 aliphatic rings. The van der Waals surface area contributed by atoms with Crippen molar-refractivity contribution in [2.45, 2.75) is 271 Å². The molecular formula is C55H105NO10. The van der Waals surface area contributed by atoms with Crippen LogP contribution < -0.4 is 0 Å². The summed E-state index contributed by atoms with van der Waals surface area (Å²) in [6.45, 7) is 11.9. The van der Waals surface area contributed by atoms with Crippen LogP contribution >= 0.6 is 0 Å². The van der Waals surface area contributed by atoms with Gasteiger partial charge in [0.05, 0.1) is 13.2 Å². The first kappa shape index (κ1) is 62.2. The average molecular weight is 940 g/mol. The van der Waals surface area contributed by atoms with Crippen molar-refractivity contribution >= 4 is 17.9 Å². The van der Waals surface area contributed by atoms with Gasteiger partial charge in [0.25, 0.3) is 0 Å². The van der Waals surface area contributed by atoms with E-state index in [2.05, 4.69) is 27.7 Å². The van der Waals surface area contributed by atoms with E-state index in [1.807, 2.05) is 19.0 Å². The molecule has 66 heavy (non-hydrogen) atoms. The van der Waals surface area contributed by atoms with Gasteiger partial charge in [-0.15, -0.1) is 0 Å². The Kier molecular flexibility index (Phi) is 41.9. The number of unbranched alkanes of at least 4 members (excludes halogenated alkanes) is 18. The zero-order valence-corrected chi connectivity index (χ0v) is 43.8. The van der Waals surface area contributed by atoms with Gasteiger partial charge in [0.1, 0.15) is 24.9 Å². The summed E-state index contributed by atoms with van der Waals surface area (Å²) in [5.74, 6) is 0.934. The molecule has 4 atom stereocenters. The fourth-order valence-electron chi connectivity index (χ4n) is 9.03. The van der Waals surface area contributed by atoms with Crippen molar-refractivity contribution in [3.8, 4) is 0 Å². The predicted octanol–water partition coefficient (Wildman–Crippen LogP) is 13.2. The highest BCUT2D eigenvalue weighted by Crippen LogP contribution is 2.28. The van der Waals surface area contributed by atoms with E-state index in [1.54, 1.807) is 0 Å². The maximum absolute atomic E-state index is 12.5. The van der Waals surface area contributed by atoms with Gasteiger partial charge in [-0.2, -0.15) is 0 Å². The van der Waals surface area contributed by atoms with Crippen molar-refractivity contribution in [1.82, 2.24) is 4.90 Å². The SMILES string of the molecule is CCCCCC(CCCCC)CCOC(=O)CCCCCCCCOC1[C@H](O)O[C@H](COC(=O)CCCN(C)C)[C@@H]1OCCCCCCCCC(=O)OCCC(CCCCC)CCCCC. The van der Waals surface area contributed by atoms with Crippen molar-refractivity contribution in [2.75, 3.05) is 53.7 Å². The molecule has 1 saturated heterocycles. The molecule has 1 aliphatic heterocycles. The van der Waals surface area contributed by atoms with E-state index >= 15 is 0 Å². The Bertz CT molecular complexity index is 1100. The third-order valence-corrected chi connectivity index (χ3v) is 13.3. The summed E-state index contributed by atoms with van der Waals surface area (Å²) in [5.41, 5.74) is 0. The first-order valence-electron chi connectivity index (χ1n) is 27.8. The van der Waals surface area contributed by atoms with Crippen LogP contribution in [0.5, 0.6) is 0 Å². The molecule has 0 aliphatic carbocycles. The van der Waals surface area contributed by atoms with Crippen LogP contribution in [0.25, 0.3) is 0 Å². The summed E-state index contributed by atoms with van der Waals surface area (Å²) in [4.78, 5) is 39.3. The number of ether oxygens (including phenoxy) is 6. The maximum Gasteiger partial charge on any atom is 0.305 e. The highest BCUT2D eigenvalue weighted by molar-refractivity contribution is 5.69. The van der Waals surface area contributed by atoms with Gasteiger partial charge in [-0.05, 0) is 77.4 Å². The number of rotatable bonds is 48. The van der Waals surface area contributed by atoms with Crippen LogP contribution in [0.4, 0.5) is 0 Å². The Balaban J connectivity index is 2.38. The molecule has 0 saturated carbocycles. The lowest BCUT2D eigenvalue weighted by atomic mass is 9.92. The van der Waals surface area contributed by atoms with Gasteiger partial charge in [0, 0.05) is 32.5 Å². The number of hydrogen-bond acceptors (Lipinski definition) is 11. The molecule has 11 heteroatoms. The van der Waals surface area contributed by atoms with Gasteiger partial charge in [0.2, 0.25) is 0 Å². The molecular weight excluding hydrogens is 835 g/mol. The minimum absolute atomic E-state index is 0.00940. The van der Waals surface area contributed by atoms with E-state index in [0.717, 1.165) is 96.4 Å². The molecule has 1 rings (SSSR count). The van der Waals surface area contributed by atoms with Crippen LogP contribution in [0.1, 0.15) is 246 Å². The van der Waals surface area contributed by atoms with Crippen molar-refractivity contribution in [3.05, 3.63) is 0 Å². The van der Waals surface area contributed by atoms with Crippen molar-refractivity contribution in [2.24, 2.45) is 11.8 Å². The lowest BCUT2D eigenvalue weighted by Gasteiger charge is -2.24. The lowest BCUT2D eigenvalue weighted by Crippen LogP contribution is -2.40. The van der Waals surface area contributed by atoms with E-state index in [-0.39, 0.29) is 24.5 Å². The number of carbonyl (C=O) groups excluding carboxylic acids is 3. The topological polar surface area (TPSA) is 130 Å². The number of esters is 3. The van der Waals surface area contributed by atoms with Gasteiger partial charge < -0.3 is 38.4 Å². The van der Waals surface area contributed by atoms with E-state index < -0.39 is 24.6 Å². The Hall–Kier alpha value is -1.79. The van der Waals surface area contributed by atoms with Gasteiger partial charge in [-0.25, -0.2) is 0 Å². The van der Waals surface area contributed by atoms with Crippen molar-refractivity contribution in [1.29, 1.82) is 0 Å². The monoisotopic (exact) mass is 940 g/mol. The quantitative estimate of drug-likeness (QED) is 0.0355. The van der Waals surface area contributed by atoms with E-state index in [0.29, 0.717) is 63.9 Å². The summed E-state index contributed by atoms with van der Waals surface area (Å²) in [6.07, 6.45) is 32.8. The molecule has 1 N–H and O–H groups in total. The minimum Gasteiger partial charge on any atom is -0.466 e. The maximum atomic E-state index is 12.5. The second-order valence-corrected chi connectivity index (χ2v) is 19.8. The lowest BCUT2D eigenvalue weighted by molar-refractivity contribution is -0.161. The highest BCUT2D eigenvalue weighted by atomic mass is 16.7. The molecule has 1 fully saturated rings. The molecule has 0 amide bonds. The molecule has 0 aromatic rings. The molecule has 0 radical (unpaired) electrons. The fraction of sp³-hybridized carbons (Fsp3) is 0.945. The van der Waals surface area contributed by atoms with Crippen LogP contribution in [-0.4, -0.2) is 106 Å². The third kappa shape index (κ3) is 35.3. The summed E-state index contributed by atoms with van der Waals surface area (Å²) in [6, 6.07) is 0. The van der Waals surface area contributed by atoms with Crippen LogP contribution in [0, 0.1) is 11.8 Å². The number of carbonyl (C=O) groups is 3. The smallest absolute Gasteiger partial charge is 0.305 e. The Morgan fingerprint density at radius 1 is 0.455 bits per heavy atom. The number of aliphatic hydroxyl groups is 1. The molecule has 390 valence electrons. The van der Waals surface area contributed by atoms with Gasteiger partial charge in [-0.1, -0.05) is 182 Å². The van der Waals surface area contributed by atoms with E-state index in [1.165, 1.54) is 103 Å². The Morgan fingerprint density at radius 3 is 1.26 bits per heavy atom. The molecule has 0 aromatic heterocycles. The summed E-state index contributed by atoms with van der Waals surface area (Å²) >= 11 is 0. The molecule has 0 bridgehead atoms. The zero-order chi connectivity index (χ0) is 48.3. The molecule has 1 unspecified atom stereocenters. The predicted molar refractivity (Wildman–Crippen MR) is 268 cm³/mol. The summed E-state index contributed by atoms with van der Waals surface area (Å²) in [7, 11) is 3.95. The van der Waals surface area contributed by atoms with E-state index in [4.69, 9.17) is 28.4 Å². The van der Waals surface area contributed by atoms with Crippen molar-refractivity contribution in [3.63, 3.8) is 0 Å². The minimum atomic E-state index is -1.16. The first-order valence-corrected chi connectivity index (χ1v) is 27.8. The number of hydrogen-bond donors (Lipinski definition) is 1. The van der Waals surface area contributed by atoms with Crippen LogP contribution in [0.2, 0.25) is 0 Å². The Labute approximate surface area is 405 Å². The van der Waals surface area contributed by atoms with E-state index in [9.17, 15) is 19.5 Å². The number of nitrogens with zero attached hydrogens (tertiary/aromatic N) is 1. The number of aliphatic hydroxyl groups excluding tert-OH is 1. The first-order chi connectivity index (χ1) is 32.1. The van der Waals surface area contributed by atoms with Crippen LogP contribution in [0.15, 0.2) is 0 Å². The molecule has 0 spiro atoms. The normalized spacial score (nSPS) is 17.4. The largest absolute Gasteiger partial charge is 0.466 e. The zero-order valence-electron chi connectivity index (χ0n) is 43.8. The second-order valence-electron chi connectivity index (χ2n) is 19.8. The summed E-state index contributed by atoms with van der Waals surface area (Å²) in [5, 5.41) is 10.9. The standard InChI is InChI=1S/C55H105NO10/c1-7-11-23-32-47(33-24-12-8-2)39-44-61-50(57)36-27-19-15-17-21-29-42-63-53-49(46-65-52(59)38-31-41-56(5)6)66-55(60)54(53)64-43-30-22-18-16-20-28-37-51(58)62-45-40-48(34-25-13-9-3)35-26-14-10-4/h47-49,53-55,60H,7-46H2,1-6H3/t49-,53+,54?,55-/m1/s1. The van der Waals surface area contributed by atoms with Gasteiger partial charge in [0.15, 0.2) is 6.29 Å². The van der Waals surface area contributed by atoms with Gasteiger partial charge in [-0.3, -0.25) is 14.4 Å². The Morgan fingerprint density at radius 2 is 0.833 bits per heavy atom. The molecule has 11 nitrogen and oxygen atoms in total. The van der Waals surface area contributed by atoms with Gasteiger partial charge >= 0.3 is 17.9 Å². The van der Waals surface area contributed by atoms with Crippen LogP contribution in [-0.2, 0) is 42.8 Å². The molecule has 0 aromatic carbocycles. The fourth-order valence-corrected chi connectivity index (χ4v) is 9.03. The second kappa shape index (κ2) is 44.4. The summed E-state index contributed by atoms with van der Waals surface area (Å²) < 4.78 is 35.2. The third-order valence-electron chi connectivity index (χ3n) is 13.3. The van der Waals surface area contributed by atoms with Crippen LogP contribution in [0.3, 0.4) is 0 Å². The average Bonchev–Trinajstić information content (AvgIpc) is 3.59. The van der Waals surface area contributed by atoms with Crippen molar-refractivity contribution < 1.29 is 47.9 Å². The molecule has 1 heterocycles.